The molecule has 3 rings (SSSR count). The topological polar surface area (TPSA) is 60.2 Å². The molecule has 2 aromatic rings. The zero-order valence-corrected chi connectivity index (χ0v) is 11.4. The van der Waals surface area contributed by atoms with Crippen LogP contribution in [0.25, 0.3) is 11.4 Å². The van der Waals surface area contributed by atoms with Crippen LogP contribution in [0.2, 0.25) is 0 Å². The number of rotatable bonds is 3. The van der Waals surface area contributed by atoms with Crippen molar-refractivity contribution in [1.82, 2.24) is 15.5 Å². The Bertz CT molecular complexity index is 614. The van der Waals surface area contributed by atoms with E-state index in [0.29, 0.717) is 30.5 Å². The van der Waals surface area contributed by atoms with E-state index in [9.17, 15) is 4.39 Å². The number of aromatic nitrogens is 2. The van der Waals surface area contributed by atoms with Gasteiger partial charge in [0, 0.05) is 11.6 Å². The number of likely N-dealkylation sites (N-methyl/N-ethyl adjacent to an activating group) is 1. The molecule has 0 saturated carbocycles. The van der Waals surface area contributed by atoms with Crippen molar-refractivity contribution < 1.29 is 13.7 Å². The van der Waals surface area contributed by atoms with Gasteiger partial charge in [-0.2, -0.15) is 4.98 Å². The smallest absolute Gasteiger partial charge is 0.234 e. The van der Waals surface area contributed by atoms with E-state index in [4.69, 9.17) is 9.26 Å². The summed E-state index contributed by atoms with van der Waals surface area (Å²) in [6.45, 7) is 3.06. The molecule has 5 nitrogen and oxygen atoms in total. The first kappa shape index (κ1) is 13.2. The molecule has 1 fully saturated rings. The molecule has 106 valence electrons. The number of halogens is 1. The third-order valence-corrected chi connectivity index (χ3v) is 3.65. The summed E-state index contributed by atoms with van der Waals surface area (Å²) in [5, 5.41) is 7.13. The average molecular weight is 277 g/mol. The Morgan fingerprint density at radius 1 is 1.35 bits per heavy atom. The van der Waals surface area contributed by atoms with Gasteiger partial charge in [-0.3, -0.25) is 0 Å². The standard InChI is InChI=1S/C14H16FN3O2/c1-8-3-4-9(15)5-10(8)13-17-14(20-18-13)11-6-19-7-12(11)16-2/h3-5,11-12,16H,6-7H2,1-2H3. The van der Waals surface area contributed by atoms with Crippen molar-refractivity contribution in [3.8, 4) is 11.4 Å². The van der Waals surface area contributed by atoms with Gasteiger partial charge < -0.3 is 14.6 Å². The largest absolute Gasteiger partial charge is 0.379 e. The van der Waals surface area contributed by atoms with Gasteiger partial charge in [0.25, 0.3) is 0 Å². The van der Waals surface area contributed by atoms with Crippen molar-refractivity contribution in [2.45, 2.75) is 18.9 Å². The fourth-order valence-corrected chi connectivity index (χ4v) is 2.41. The van der Waals surface area contributed by atoms with Crippen LogP contribution >= 0.6 is 0 Å². The molecule has 1 aromatic carbocycles. The van der Waals surface area contributed by atoms with Crippen LogP contribution in [-0.2, 0) is 4.74 Å². The summed E-state index contributed by atoms with van der Waals surface area (Å²) in [6, 6.07) is 4.71. The van der Waals surface area contributed by atoms with E-state index in [-0.39, 0.29) is 17.8 Å². The minimum absolute atomic E-state index is 0.0371. The van der Waals surface area contributed by atoms with Crippen LogP contribution in [0.3, 0.4) is 0 Å². The van der Waals surface area contributed by atoms with Crippen molar-refractivity contribution >= 4 is 0 Å². The van der Waals surface area contributed by atoms with Gasteiger partial charge in [-0.25, -0.2) is 4.39 Å². The maximum absolute atomic E-state index is 13.3. The molecule has 1 aliphatic rings. The van der Waals surface area contributed by atoms with Crippen LogP contribution in [-0.4, -0.2) is 36.4 Å². The molecule has 0 aliphatic carbocycles. The molecule has 0 bridgehead atoms. The van der Waals surface area contributed by atoms with Crippen LogP contribution in [0.4, 0.5) is 4.39 Å². The van der Waals surface area contributed by atoms with Crippen LogP contribution in [0, 0.1) is 12.7 Å². The predicted octanol–water partition coefficient (Wildman–Crippen LogP) is 1.89. The van der Waals surface area contributed by atoms with Crippen molar-refractivity contribution in [1.29, 1.82) is 0 Å². The fourth-order valence-electron chi connectivity index (χ4n) is 2.41. The lowest BCUT2D eigenvalue weighted by Gasteiger charge is -2.11. The fraction of sp³-hybridized carbons (Fsp3) is 0.429. The molecule has 0 spiro atoms. The third kappa shape index (κ3) is 2.32. The number of aryl methyl sites for hydroxylation is 1. The minimum Gasteiger partial charge on any atom is -0.379 e. The Labute approximate surface area is 116 Å². The first-order valence-electron chi connectivity index (χ1n) is 6.54. The number of benzene rings is 1. The number of hydrogen-bond acceptors (Lipinski definition) is 5. The highest BCUT2D eigenvalue weighted by Crippen LogP contribution is 2.27. The average Bonchev–Trinajstić information content (AvgIpc) is 3.08. The maximum Gasteiger partial charge on any atom is 0.234 e. The monoisotopic (exact) mass is 277 g/mol. The summed E-state index contributed by atoms with van der Waals surface area (Å²) in [4.78, 5) is 4.40. The second kappa shape index (κ2) is 5.30. The number of hydrogen-bond donors (Lipinski definition) is 1. The molecule has 0 radical (unpaired) electrons. The van der Waals surface area contributed by atoms with E-state index < -0.39 is 0 Å². The van der Waals surface area contributed by atoms with Gasteiger partial charge in [-0.15, -0.1) is 0 Å². The van der Waals surface area contributed by atoms with Crippen molar-refractivity contribution in [3.63, 3.8) is 0 Å². The first-order valence-corrected chi connectivity index (χ1v) is 6.54. The van der Waals surface area contributed by atoms with Crippen LogP contribution < -0.4 is 5.32 Å². The Morgan fingerprint density at radius 2 is 2.20 bits per heavy atom. The van der Waals surface area contributed by atoms with E-state index in [1.807, 2.05) is 14.0 Å². The van der Waals surface area contributed by atoms with E-state index in [1.54, 1.807) is 6.07 Å². The normalized spacial score (nSPS) is 22.4. The van der Waals surface area contributed by atoms with Gasteiger partial charge in [0.1, 0.15) is 5.82 Å². The van der Waals surface area contributed by atoms with Crippen molar-refractivity contribution in [2.75, 3.05) is 20.3 Å². The molecular formula is C14H16FN3O2. The van der Waals surface area contributed by atoms with E-state index >= 15 is 0 Å². The molecule has 1 N–H and O–H groups in total. The summed E-state index contributed by atoms with van der Waals surface area (Å²) in [7, 11) is 1.88. The van der Waals surface area contributed by atoms with Crippen LogP contribution in [0.1, 0.15) is 17.4 Å². The van der Waals surface area contributed by atoms with Crippen molar-refractivity contribution in [3.05, 3.63) is 35.5 Å². The predicted molar refractivity (Wildman–Crippen MR) is 70.8 cm³/mol. The summed E-state index contributed by atoms with van der Waals surface area (Å²) in [6.07, 6.45) is 0. The van der Waals surface area contributed by atoms with Crippen LogP contribution in [0.15, 0.2) is 22.7 Å². The molecule has 20 heavy (non-hydrogen) atoms. The van der Waals surface area contributed by atoms with Gasteiger partial charge in [0.05, 0.1) is 19.1 Å². The zero-order valence-electron chi connectivity index (χ0n) is 11.4. The minimum atomic E-state index is -0.311. The van der Waals surface area contributed by atoms with Gasteiger partial charge in [-0.1, -0.05) is 11.2 Å². The highest BCUT2D eigenvalue weighted by atomic mass is 19.1. The highest BCUT2D eigenvalue weighted by molar-refractivity contribution is 5.59. The number of ether oxygens (including phenoxy) is 1. The molecule has 0 amide bonds. The number of nitrogens with one attached hydrogen (secondary N) is 1. The Balaban J connectivity index is 1.92. The molecule has 2 atom stereocenters. The summed E-state index contributed by atoms with van der Waals surface area (Å²) in [5.41, 5.74) is 1.56. The lowest BCUT2D eigenvalue weighted by molar-refractivity contribution is 0.185. The SMILES string of the molecule is CNC1COCC1c1nc(-c2cc(F)ccc2C)no1. The lowest BCUT2D eigenvalue weighted by atomic mass is 10.0. The second-order valence-corrected chi connectivity index (χ2v) is 4.95. The molecule has 1 aromatic heterocycles. The maximum atomic E-state index is 13.3. The highest BCUT2D eigenvalue weighted by Gasteiger charge is 2.33. The molecule has 1 aliphatic heterocycles. The summed E-state index contributed by atoms with van der Waals surface area (Å²) >= 11 is 0. The summed E-state index contributed by atoms with van der Waals surface area (Å²) < 4.78 is 24.1. The van der Waals surface area contributed by atoms with E-state index in [0.717, 1.165) is 5.56 Å². The Kier molecular flexibility index (Phi) is 3.50. The van der Waals surface area contributed by atoms with Gasteiger partial charge in [0.15, 0.2) is 0 Å². The Morgan fingerprint density at radius 3 is 3.00 bits per heavy atom. The van der Waals surface area contributed by atoms with Gasteiger partial charge in [-0.05, 0) is 31.7 Å². The molecule has 2 heterocycles. The van der Waals surface area contributed by atoms with Gasteiger partial charge >= 0.3 is 0 Å². The third-order valence-electron chi connectivity index (χ3n) is 3.65. The van der Waals surface area contributed by atoms with E-state index in [1.165, 1.54) is 12.1 Å². The molecule has 2 unspecified atom stereocenters. The number of nitrogens with zero attached hydrogens (tertiary/aromatic N) is 2. The van der Waals surface area contributed by atoms with Gasteiger partial charge in [0.2, 0.25) is 11.7 Å². The van der Waals surface area contributed by atoms with Crippen molar-refractivity contribution in [2.24, 2.45) is 0 Å². The molecule has 6 heteroatoms. The molecule has 1 saturated heterocycles. The lowest BCUT2D eigenvalue weighted by Crippen LogP contribution is -2.31. The van der Waals surface area contributed by atoms with Crippen LogP contribution in [0.5, 0.6) is 0 Å². The van der Waals surface area contributed by atoms with E-state index in [2.05, 4.69) is 15.5 Å². The quantitative estimate of drug-likeness (QED) is 0.928. The molecular weight excluding hydrogens is 261 g/mol. The first-order chi connectivity index (χ1) is 9.69. The summed E-state index contributed by atoms with van der Waals surface area (Å²) in [5.74, 6) is 0.670. The second-order valence-electron chi connectivity index (χ2n) is 4.95. The Hall–Kier alpha value is -1.79. The zero-order chi connectivity index (χ0) is 14.1.